The van der Waals surface area contributed by atoms with Crippen LogP contribution in [0.1, 0.15) is 181 Å². The Kier molecular flexibility index (Phi) is 33.2. The maximum absolute atomic E-state index is 12.7. The largest absolute Gasteiger partial charge is 0.480 e. The Morgan fingerprint density at radius 3 is 1.69 bits per heavy atom. The first-order chi connectivity index (χ1) is 23.8. The average molecular weight is 693 g/mol. The number of hydrogen-bond acceptors (Lipinski definition) is 6. The minimum absolute atomic E-state index is 0.0140. The summed E-state index contributed by atoms with van der Waals surface area (Å²) < 4.78 is 5.97. The molecular weight excluding hydrogens is 620 g/mol. The highest BCUT2D eigenvalue weighted by Crippen LogP contribution is 2.18. The number of aliphatic hydroxyl groups is 1. The summed E-state index contributed by atoms with van der Waals surface area (Å²) in [7, 11) is 0. The van der Waals surface area contributed by atoms with E-state index in [9.17, 15) is 19.2 Å². The van der Waals surface area contributed by atoms with Crippen LogP contribution in [0.3, 0.4) is 0 Å². The van der Waals surface area contributed by atoms with Crippen molar-refractivity contribution in [3.8, 4) is 0 Å². The summed E-state index contributed by atoms with van der Waals surface area (Å²) >= 11 is 0. The summed E-state index contributed by atoms with van der Waals surface area (Å²) in [4.78, 5) is 47.3. The van der Waals surface area contributed by atoms with Crippen LogP contribution < -0.4 is 10.6 Å². The predicted molar refractivity (Wildman–Crippen MR) is 199 cm³/mol. The summed E-state index contributed by atoms with van der Waals surface area (Å²) in [6.07, 6.45) is 36.3. The zero-order chi connectivity index (χ0) is 36.2. The molecule has 49 heavy (non-hydrogen) atoms. The number of carbonyl (C=O) groups excluding carboxylic acids is 3. The van der Waals surface area contributed by atoms with E-state index in [0.717, 1.165) is 77.0 Å². The first kappa shape index (κ1) is 46.3. The number of unbranched alkanes of at least 4 members (excludes halogenated alkanes) is 17. The zero-order valence-corrected chi connectivity index (χ0v) is 31.2. The van der Waals surface area contributed by atoms with E-state index >= 15 is 0 Å². The number of carbonyl (C=O) groups is 4. The molecule has 2 amide bonds. The van der Waals surface area contributed by atoms with Crippen molar-refractivity contribution in [2.24, 2.45) is 0 Å². The number of hydrogen-bond donors (Lipinski definition) is 4. The average Bonchev–Trinajstić information content (AvgIpc) is 3.08. The van der Waals surface area contributed by atoms with Gasteiger partial charge in [0.1, 0.15) is 12.1 Å². The molecule has 0 aromatic heterocycles. The van der Waals surface area contributed by atoms with Crippen LogP contribution in [0, 0.1) is 0 Å². The highest BCUT2D eigenvalue weighted by molar-refractivity contribution is 5.87. The Morgan fingerprint density at radius 2 is 1.12 bits per heavy atom. The molecule has 4 N–H and O–H groups in total. The number of ether oxygens (including phenoxy) is 1. The lowest BCUT2D eigenvalue weighted by Gasteiger charge is -2.18. The lowest BCUT2D eigenvalue weighted by Crippen LogP contribution is -2.47. The van der Waals surface area contributed by atoms with Crippen LogP contribution in [0.2, 0.25) is 0 Å². The van der Waals surface area contributed by atoms with E-state index in [-0.39, 0.29) is 24.5 Å². The van der Waals surface area contributed by atoms with Crippen LogP contribution in [0.5, 0.6) is 0 Å². The first-order valence-corrected chi connectivity index (χ1v) is 19.7. The smallest absolute Gasteiger partial charge is 0.328 e. The molecule has 0 spiro atoms. The maximum atomic E-state index is 12.7. The van der Waals surface area contributed by atoms with Gasteiger partial charge in [0.05, 0.1) is 13.2 Å². The molecule has 0 saturated heterocycles. The minimum atomic E-state index is -1.38. The number of carboxylic acids is 1. The van der Waals surface area contributed by atoms with Crippen LogP contribution in [-0.2, 0) is 23.9 Å². The molecule has 9 nitrogen and oxygen atoms in total. The fourth-order valence-corrected chi connectivity index (χ4v) is 5.61. The van der Waals surface area contributed by atoms with Gasteiger partial charge in [0.25, 0.3) is 0 Å². The van der Waals surface area contributed by atoms with Gasteiger partial charge in [0.15, 0.2) is 0 Å². The van der Waals surface area contributed by atoms with Crippen molar-refractivity contribution in [2.75, 3.05) is 13.2 Å². The van der Waals surface area contributed by atoms with E-state index in [1.54, 1.807) is 0 Å². The molecule has 0 aromatic carbocycles. The van der Waals surface area contributed by atoms with Gasteiger partial charge < -0.3 is 25.6 Å². The van der Waals surface area contributed by atoms with Crippen molar-refractivity contribution in [2.45, 2.75) is 193 Å². The number of aliphatic carboxylic acids is 1. The van der Waals surface area contributed by atoms with E-state index in [4.69, 9.17) is 14.9 Å². The van der Waals surface area contributed by atoms with E-state index in [1.807, 2.05) is 0 Å². The monoisotopic (exact) mass is 693 g/mol. The minimum Gasteiger partial charge on any atom is -0.480 e. The molecule has 0 fully saturated rings. The van der Waals surface area contributed by atoms with Crippen LogP contribution in [0.25, 0.3) is 0 Å². The van der Waals surface area contributed by atoms with Crippen LogP contribution in [0.4, 0.5) is 0 Å². The highest BCUT2D eigenvalue weighted by Gasteiger charge is 2.19. The lowest BCUT2D eigenvalue weighted by atomic mass is 10.0. The van der Waals surface area contributed by atoms with Crippen molar-refractivity contribution >= 4 is 23.8 Å². The van der Waals surface area contributed by atoms with Crippen molar-refractivity contribution in [3.63, 3.8) is 0 Å². The second-order valence-corrected chi connectivity index (χ2v) is 13.4. The topological polar surface area (TPSA) is 142 Å². The molecule has 2 unspecified atom stereocenters. The molecule has 0 radical (unpaired) electrons. The Labute approximate surface area is 298 Å². The van der Waals surface area contributed by atoms with Crippen molar-refractivity contribution in [1.82, 2.24) is 10.6 Å². The number of aliphatic hydroxyl groups excluding tert-OH is 1. The number of rotatable bonds is 35. The van der Waals surface area contributed by atoms with Gasteiger partial charge in [0, 0.05) is 12.8 Å². The van der Waals surface area contributed by atoms with E-state index in [2.05, 4.69) is 48.8 Å². The molecule has 0 aliphatic carbocycles. The molecule has 0 aliphatic rings. The maximum Gasteiger partial charge on any atom is 0.328 e. The Balaban J connectivity index is 4.21. The summed E-state index contributed by atoms with van der Waals surface area (Å²) in [5.41, 5.74) is 0. The molecule has 0 bridgehead atoms. The zero-order valence-electron chi connectivity index (χ0n) is 31.2. The highest BCUT2D eigenvalue weighted by atomic mass is 16.5. The summed E-state index contributed by atoms with van der Waals surface area (Å²) in [6.45, 7) is 3.42. The third-order valence-electron chi connectivity index (χ3n) is 8.70. The van der Waals surface area contributed by atoms with E-state index < -0.39 is 24.5 Å². The molecule has 0 saturated carbocycles. The fraction of sp³-hybridized carbons (Fsp3) is 0.800. The first-order valence-electron chi connectivity index (χ1n) is 19.7. The van der Waals surface area contributed by atoms with Gasteiger partial charge in [-0.2, -0.15) is 0 Å². The SMILES string of the molecule is CCCC/C=C\C/C=C\CCCCCCCC(=O)OC(CCCCCCCCC)CCCCCCCC(=O)NCC(=O)NC(CO)C(=O)O. The molecule has 0 aliphatic heterocycles. The van der Waals surface area contributed by atoms with Gasteiger partial charge >= 0.3 is 11.9 Å². The Bertz CT molecular complexity index is 890. The van der Waals surface area contributed by atoms with Crippen molar-refractivity contribution in [1.29, 1.82) is 0 Å². The van der Waals surface area contributed by atoms with Gasteiger partial charge in [0.2, 0.25) is 11.8 Å². The third kappa shape index (κ3) is 32.3. The normalized spacial score (nSPS) is 12.7. The summed E-state index contributed by atoms with van der Waals surface area (Å²) in [6, 6.07) is -1.38. The van der Waals surface area contributed by atoms with Crippen molar-refractivity contribution in [3.05, 3.63) is 24.3 Å². The van der Waals surface area contributed by atoms with Gasteiger partial charge in [-0.05, 0) is 64.2 Å². The number of esters is 1. The molecule has 2 atom stereocenters. The van der Waals surface area contributed by atoms with Gasteiger partial charge in [-0.15, -0.1) is 0 Å². The second-order valence-electron chi connectivity index (χ2n) is 13.4. The van der Waals surface area contributed by atoms with Gasteiger partial charge in [-0.25, -0.2) is 4.79 Å². The predicted octanol–water partition coefficient (Wildman–Crippen LogP) is 8.87. The summed E-state index contributed by atoms with van der Waals surface area (Å²) in [5.74, 6) is -2.31. The number of nitrogens with one attached hydrogen (secondary N) is 2. The Morgan fingerprint density at radius 1 is 0.612 bits per heavy atom. The lowest BCUT2D eigenvalue weighted by molar-refractivity contribution is -0.150. The molecule has 284 valence electrons. The molecular formula is C40H72N2O7. The fourth-order valence-electron chi connectivity index (χ4n) is 5.61. The van der Waals surface area contributed by atoms with Crippen molar-refractivity contribution < 1.29 is 34.1 Å². The van der Waals surface area contributed by atoms with Crippen LogP contribution in [-0.4, -0.2) is 59.3 Å². The molecule has 0 rings (SSSR count). The number of carboxylic acid groups (broad SMARTS) is 1. The second kappa shape index (κ2) is 35.2. The summed E-state index contributed by atoms with van der Waals surface area (Å²) in [5, 5.41) is 22.5. The molecule has 0 heterocycles. The Hall–Kier alpha value is -2.68. The van der Waals surface area contributed by atoms with Crippen LogP contribution in [0.15, 0.2) is 24.3 Å². The van der Waals surface area contributed by atoms with E-state index in [0.29, 0.717) is 19.3 Å². The molecule has 9 heteroatoms. The standard InChI is InChI=1S/C40H72N2O7/c1-3-5-7-9-11-12-13-14-15-16-17-19-24-28-32-39(46)49-35(29-25-21-18-10-8-6-4-2)30-26-22-20-23-27-31-37(44)41-33-38(45)42-36(34-43)40(47)48/h9,11,13-14,35-36,43H,3-8,10,12,15-34H2,1-2H3,(H,41,44)(H,42,45)(H,47,48)/b11-9-,14-13-. The number of amides is 2. The van der Waals surface area contributed by atoms with Gasteiger partial charge in [-0.1, -0.05) is 128 Å². The van der Waals surface area contributed by atoms with Gasteiger partial charge in [-0.3, -0.25) is 14.4 Å². The molecule has 0 aromatic rings. The van der Waals surface area contributed by atoms with Crippen LogP contribution >= 0.6 is 0 Å². The van der Waals surface area contributed by atoms with E-state index in [1.165, 1.54) is 70.6 Å². The quantitative estimate of drug-likeness (QED) is 0.0295. The third-order valence-corrected chi connectivity index (χ3v) is 8.70. The number of allylic oxidation sites excluding steroid dienone is 4.